The van der Waals surface area contributed by atoms with Gasteiger partial charge in [0.1, 0.15) is 6.10 Å². The Labute approximate surface area is 207 Å². The van der Waals surface area contributed by atoms with Gasteiger partial charge in [-0.1, -0.05) is 25.5 Å². The number of allylic oxidation sites excluding steroid dienone is 1. The summed E-state index contributed by atoms with van der Waals surface area (Å²) in [4.78, 5) is 17.3. The summed E-state index contributed by atoms with van der Waals surface area (Å²) in [6.45, 7) is 14.0. The van der Waals surface area contributed by atoms with Gasteiger partial charge in [-0.25, -0.2) is 4.98 Å². The van der Waals surface area contributed by atoms with E-state index in [9.17, 15) is 15.0 Å². The summed E-state index contributed by atoms with van der Waals surface area (Å²) >= 11 is 3.13. The molecule has 0 aliphatic carbocycles. The first-order valence-electron chi connectivity index (χ1n) is 11.9. The number of cyclic esters (lactones) is 1. The van der Waals surface area contributed by atoms with Crippen LogP contribution in [0, 0.1) is 12.8 Å². The number of esters is 1. The van der Waals surface area contributed by atoms with Crippen LogP contribution in [0.3, 0.4) is 0 Å². The predicted molar refractivity (Wildman–Crippen MR) is 140 cm³/mol. The van der Waals surface area contributed by atoms with Crippen LogP contribution in [0.4, 0.5) is 0 Å². The number of hydrogen-bond acceptors (Lipinski definition) is 7. The number of ether oxygens (including phenoxy) is 1. The Bertz CT molecular complexity index is 845. The van der Waals surface area contributed by atoms with Gasteiger partial charge < -0.3 is 14.9 Å². The van der Waals surface area contributed by atoms with Crippen LogP contribution >= 0.6 is 23.1 Å². The van der Waals surface area contributed by atoms with Crippen molar-refractivity contribution in [2.24, 2.45) is 5.92 Å². The Kier molecular flexibility index (Phi) is 10.7. The van der Waals surface area contributed by atoms with Gasteiger partial charge in [0, 0.05) is 21.8 Å². The van der Waals surface area contributed by atoms with Gasteiger partial charge in [0.25, 0.3) is 0 Å². The number of hydrogen-bond donors (Lipinski definition) is 2. The lowest BCUT2D eigenvalue weighted by Crippen LogP contribution is -2.40. The number of aromatic nitrogens is 1. The second-order valence-corrected chi connectivity index (χ2v) is 13.0. The van der Waals surface area contributed by atoms with Gasteiger partial charge >= 0.3 is 5.97 Å². The van der Waals surface area contributed by atoms with Crippen molar-refractivity contribution < 1.29 is 19.7 Å². The molecule has 2 heterocycles. The molecule has 1 aliphatic rings. The van der Waals surface area contributed by atoms with Crippen molar-refractivity contribution >= 4 is 35.1 Å². The Hall–Kier alpha value is -1.15. The van der Waals surface area contributed by atoms with Gasteiger partial charge in [-0.3, -0.25) is 4.79 Å². The fraction of sp³-hybridized carbons (Fsp3) is 0.692. The van der Waals surface area contributed by atoms with Crippen LogP contribution < -0.4 is 0 Å². The Morgan fingerprint density at radius 3 is 2.61 bits per heavy atom. The van der Waals surface area contributed by atoms with Gasteiger partial charge in [0.15, 0.2) is 0 Å². The van der Waals surface area contributed by atoms with E-state index in [0.29, 0.717) is 6.42 Å². The Morgan fingerprint density at radius 2 is 1.97 bits per heavy atom. The number of nitrogens with zero attached hydrogens (tertiary/aromatic N) is 1. The van der Waals surface area contributed by atoms with Crippen LogP contribution in [0.2, 0.25) is 0 Å². The van der Waals surface area contributed by atoms with E-state index in [-0.39, 0.29) is 17.6 Å². The molecule has 0 saturated heterocycles. The van der Waals surface area contributed by atoms with Crippen molar-refractivity contribution in [3.63, 3.8) is 0 Å². The lowest BCUT2D eigenvalue weighted by Gasteiger charge is -2.35. The molecule has 7 heteroatoms. The zero-order chi connectivity index (χ0) is 24.8. The summed E-state index contributed by atoms with van der Waals surface area (Å²) in [6, 6.07) is 0. The maximum atomic E-state index is 12.8. The molecule has 5 nitrogen and oxygen atoms in total. The minimum atomic E-state index is -0.878. The van der Waals surface area contributed by atoms with Crippen LogP contribution in [0.5, 0.6) is 0 Å². The summed E-state index contributed by atoms with van der Waals surface area (Å²) in [6.07, 6.45) is 5.79. The van der Waals surface area contributed by atoms with Gasteiger partial charge in [-0.15, -0.1) is 23.1 Å². The maximum Gasteiger partial charge on any atom is 0.309 e. The second-order valence-electron chi connectivity index (χ2n) is 9.95. The smallest absolute Gasteiger partial charge is 0.309 e. The fourth-order valence-electron chi connectivity index (χ4n) is 4.08. The highest BCUT2D eigenvalue weighted by Gasteiger charge is 2.35. The van der Waals surface area contributed by atoms with E-state index >= 15 is 0 Å². The number of carbonyl (C=O) groups excluding carboxylic acids is 1. The first kappa shape index (κ1) is 28.1. The molecule has 2 rings (SSSR count). The Morgan fingerprint density at radius 1 is 1.27 bits per heavy atom. The zero-order valence-electron chi connectivity index (χ0n) is 21.1. The third-order valence-corrected chi connectivity index (χ3v) is 8.74. The third-order valence-electron chi connectivity index (χ3n) is 6.42. The van der Waals surface area contributed by atoms with Gasteiger partial charge in [0.05, 0.1) is 29.3 Å². The molecule has 186 valence electrons. The molecule has 0 aromatic carbocycles. The normalized spacial score (nSPS) is 31.1. The van der Waals surface area contributed by atoms with Crippen molar-refractivity contribution in [2.45, 2.75) is 109 Å². The quantitative estimate of drug-likeness (QED) is 0.391. The molecule has 1 aromatic rings. The minimum absolute atomic E-state index is 0.0512. The van der Waals surface area contributed by atoms with Crippen LogP contribution in [0.1, 0.15) is 84.3 Å². The highest BCUT2D eigenvalue weighted by molar-refractivity contribution is 8.01. The lowest BCUT2D eigenvalue weighted by atomic mass is 9.94. The number of thiazole rings is 1. The average Bonchev–Trinajstić information content (AvgIpc) is 3.13. The Balaban J connectivity index is 2.27. The van der Waals surface area contributed by atoms with Gasteiger partial charge in [-0.05, 0) is 71.4 Å². The molecule has 0 bridgehead atoms. The van der Waals surface area contributed by atoms with Crippen molar-refractivity contribution in [2.75, 3.05) is 0 Å². The van der Waals surface area contributed by atoms with E-state index in [4.69, 9.17) is 4.74 Å². The summed E-state index contributed by atoms with van der Waals surface area (Å²) in [5.41, 5.74) is 3.07. The van der Waals surface area contributed by atoms with Crippen molar-refractivity contribution in [1.29, 1.82) is 0 Å². The summed E-state index contributed by atoms with van der Waals surface area (Å²) < 4.78 is 5.28. The number of carbonyl (C=O) groups is 1. The number of rotatable bonds is 2. The number of aryl methyl sites for hydroxylation is 1. The molecule has 5 atom stereocenters. The fourth-order valence-corrected chi connectivity index (χ4v) is 6.26. The van der Waals surface area contributed by atoms with E-state index in [2.05, 4.69) is 24.9 Å². The molecule has 1 aromatic heterocycles. The predicted octanol–water partition coefficient (Wildman–Crippen LogP) is 5.94. The van der Waals surface area contributed by atoms with Gasteiger partial charge in [0.2, 0.25) is 0 Å². The molecular weight excluding hydrogens is 454 g/mol. The number of aliphatic hydroxyl groups is 2. The van der Waals surface area contributed by atoms with E-state index in [1.54, 1.807) is 11.3 Å². The van der Waals surface area contributed by atoms with Crippen LogP contribution in [-0.4, -0.2) is 49.5 Å². The monoisotopic (exact) mass is 495 g/mol. The highest BCUT2D eigenvalue weighted by Crippen LogP contribution is 2.37. The molecule has 33 heavy (non-hydrogen) atoms. The molecular formula is C26H41NO4S2. The summed E-state index contributed by atoms with van der Waals surface area (Å²) in [7, 11) is 0. The molecule has 0 fully saturated rings. The number of aliphatic hydroxyl groups excluding tert-OH is 2. The molecule has 0 saturated carbocycles. The van der Waals surface area contributed by atoms with Crippen molar-refractivity contribution in [1.82, 2.24) is 4.98 Å². The van der Waals surface area contributed by atoms with Crippen molar-refractivity contribution in [3.8, 4) is 0 Å². The standard InChI is InChI=1S/C26H41NO4S2/c1-16-9-8-10-17(2)25(30)19(4)33-26(6,7)23(28)14-24(29)31-22(12-11-16)18(3)13-21-15-32-20(5)27-21/h11,13,15,17,19,22-23,25,28,30H,8-10,12,14H2,1-7H3. The van der Waals surface area contributed by atoms with Crippen molar-refractivity contribution in [3.05, 3.63) is 33.3 Å². The first-order valence-corrected chi connectivity index (χ1v) is 13.6. The van der Waals surface area contributed by atoms with Crippen LogP contribution in [-0.2, 0) is 9.53 Å². The van der Waals surface area contributed by atoms with Crippen LogP contribution in [0.15, 0.2) is 22.6 Å². The zero-order valence-corrected chi connectivity index (χ0v) is 22.8. The van der Waals surface area contributed by atoms with E-state index < -0.39 is 29.0 Å². The average molecular weight is 496 g/mol. The van der Waals surface area contributed by atoms with Gasteiger partial charge in [-0.2, -0.15) is 0 Å². The minimum Gasteiger partial charge on any atom is -0.457 e. The summed E-state index contributed by atoms with van der Waals surface area (Å²) in [5, 5.41) is 24.6. The highest BCUT2D eigenvalue weighted by atomic mass is 32.2. The maximum absolute atomic E-state index is 12.8. The van der Waals surface area contributed by atoms with E-state index in [1.807, 2.05) is 46.1 Å². The van der Waals surface area contributed by atoms with E-state index in [1.165, 1.54) is 17.3 Å². The first-order chi connectivity index (χ1) is 15.4. The molecule has 2 N–H and O–H groups in total. The molecule has 1 aliphatic heterocycles. The number of thioether (sulfide) groups is 1. The second kappa shape index (κ2) is 12.5. The molecule has 0 radical (unpaired) electrons. The van der Waals surface area contributed by atoms with Crippen LogP contribution in [0.25, 0.3) is 6.08 Å². The summed E-state index contributed by atoms with van der Waals surface area (Å²) in [5.74, 6) is -0.242. The molecule has 5 unspecified atom stereocenters. The molecule has 0 spiro atoms. The molecule has 0 amide bonds. The van der Waals surface area contributed by atoms with E-state index in [0.717, 1.165) is 35.5 Å². The lowest BCUT2D eigenvalue weighted by molar-refractivity contribution is -0.149. The topological polar surface area (TPSA) is 79.7 Å². The third kappa shape index (κ3) is 8.85. The SMILES string of the molecule is CC1=CCC(C(C)=Cc2csc(C)n2)OC(=O)CC(O)C(C)(C)SC(C)C(O)C(C)CCC1. The largest absolute Gasteiger partial charge is 0.457 e.